The van der Waals surface area contributed by atoms with Crippen LogP contribution in [0.5, 0.6) is 0 Å². The van der Waals surface area contributed by atoms with Gasteiger partial charge in [-0.3, -0.25) is 20.4 Å². The number of hydrogen-bond donors (Lipinski definition) is 5. The number of aliphatic hydroxyl groups excluding tert-OH is 1. The molecule has 0 rings (SSSR count). The molecule has 0 aromatic heterocycles. The highest BCUT2D eigenvalue weighted by Crippen LogP contribution is 2.10. The summed E-state index contributed by atoms with van der Waals surface area (Å²) in [4.78, 5) is 22.3. The van der Waals surface area contributed by atoms with Gasteiger partial charge in [0.25, 0.3) is 5.91 Å². The first-order valence-electron chi connectivity index (χ1n) is 6.64. The first kappa shape index (κ1) is 20.5. The summed E-state index contributed by atoms with van der Waals surface area (Å²) in [5.74, 6) is -1.47. The first-order chi connectivity index (χ1) is 10.8. The van der Waals surface area contributed by atoms with Crippen molar-refractivity contribution in [2.75, 3.05) is 14.2 Å². The predicted molar refractivity (Wildman–Crippen MR) is 82.5 cm³/mol. The lowest BCUT2D eigenvalue weighted by molar-refractivity contribution is -0.140. The maximum atomic E-state index is 11.7. The summed E-state index contributed by atoms with van der Waals surface area (Å²) >= 11 is 0. The molecule has 0 heterocycles. The number of carbonyl (C=O) groups excluding carboxylic acids is 1. The Morgan fingerprint density at radius 1 is 1.30 bits per heavy atom. The van der Waals surface area contributed by atoms with E-state index in [1.807, 2.05) is 0 Å². The second kappa shape index (κ2) is 10.2. The largest absolute Gasteiger partial charge is 0.497 e. The molecule has 0 aliphatic rings. The lowest BCUT2D eigenvalue weighted by atomic mass is 10.1. The molecule has 23 heavy (non-hydrogen) atoms. The number of hydrogen-bond acceptors (Lipinski definition) is 7. The fourth-order valence-electron chi connectivity index (χ4n) is 1.39. The summed E-state index contributed by atoms with van der Waals surface area (Å²) in [7, 11) is 2.86. The molecule has 1 amide bonds. The van der Waals surface area contributed by atoms with Gasteiger partial charge in [0.2, 0.25) is 0 Å². The van der Waals surface area contributed by atoms with Crippen molar-refractivity contribution in [1.82, 2.24) is 10.9 Å². The van der Waals surface area contributed by atoms with Crippen LogP contribution in [-0.4, -0.2) is 48.5 Å². The van der Waals surface area contributed by atoms with Crippen LogP contribution in [-0.2, 0) is 19.1 Å². The summed E-state index contributed by atoms with van der Waals surface area (Å²) in [6.45, 7) is 5.31. The number of hydrazine groups is 1. The Bertz CT molecular complexity index is 501. The van der Waals surface area contributed by atoms with E-state index in [1.54, 1.807) is 13.0 Å². The van der Waals surface area contributed by atoms with Crippen LogP contribution in [0.25, 0.3) is 0 Å². The minimum absolute atomic E-state index is 0.330. The van der Waals surface area contributed by atoms with E-state index in [0.717, 1.165) is 0 Å². The Kier molecular flexibility index (Phi) is 9.12. The van der Waals surface area contributed by atoms with E-state index in [2.05, 4.69) is 17.4 Å². The zero-order chi connectivity index (χ0) is 18.0. The molecule has 0 aliphatic heterocycles. The molecule has 0 saturated heterocycles. The van der Waals surface area contributed by atoms with Gasteiger partial charge in [0, 0.05) is 12.5 Å². The Labute approximate surface area is 134 Å². The van der Waals surface area contributed by atoms with Crippen molar-refractivity contribution in [3.05, 3.63) is 35.9 Å². The van der Waals surface area contributed by atoms with Crippen LogP contribution in [0.4, 0.5) is 0 Å². The van der Waals surface area contributed by atoms with Gasteiger partial charge in [0.1, 0.15) is 23.7 Å². The lowest BCUT2D eigenvalue weighted by Gasteiger charge is -2.17. The van der Waals surface area contributed by atoms with E-state index in [-0.39, 0.29) is 0 Å². The van der Waals surface area contributed by atoms with E-state index in [0.29, 0.717) is 17.2 Å². The van der Waals surface area contributed by atoms with Crippen LogP contribution >= 0.6 is 0 Å². The maximum Gasteiger partial charge on any atom is 0.320 e. The number of allylic oxidation sites excluding steroid dienone is 2. The molecule has 9 nitrogen and oxygen atoms in total. The second-order valence-corrected chi connectivity index (χ2v) is 4.40. The summed E-state index contributed by atoms with van der Waals surface area (Å²) in [5.41, 5.74) is 10.4. The number of rotatable bonds is 10. The third-order valence-corrected chi connectivity index (χ3v) is 2.75. The van der Waals surface area contributed by atoms with E-state index in [9.17, 15) is 14.7 Å². The zero-order valence-corrected chi connectivity index (χ0v) is 13.3. The smallest absolute Gasteiger partial charge is 0.320 e. The van der Waals surface area contributed by atoms with Crippen LogP contribution in [0.1, 0.15) is 13.3 Å². The maximum absolute atomic E-state index is 11.7. The molecule has 0 saturated carbocycles. The monoisotopic (exact) mass is 329 g/mol. The summed E-state index contributed by atoms with van der Waals surface area (Å²) in [6, 6.07) is -1.34. The molecule has 0 aromatic carbocycles. The van der Waals surface area contributed by atoms with Crippen molar-refractivity contribution in [2.24, 2.45) is 5.73 Å². The molecular formula is C14H23N3O6. The molecule has 0 bridgehead atoms. The molecular weight excluding hydrogens is 306 g/mol. The highest BCUT2D eigenvalue weighted by Gasteiger charge is 2.22. The van der Waals surface area contributed by atoms with Gasteiger partial charge in [-0.2, -0.15) is 0 Å². The fourth-order valence-corrected chi connectivity index (χ4v) is 1.39. The minimum Gasteiger partial charge on any atom is -0.497 e. The molecule has 0 aliphatic carbocycles. The van der Waals surface area contributed by atoms with E-state index < -0.39 is 30.4 Å². The molecule has 0 radical (unpaired) electrons. The molecule has 130 valence electrons. The van der Waals surface area contributed by atoms with E-state index in [1.165, 1.54) is 20.3 Å². The molecule has 6 N–H and O–H groups in total. The van der Waals surface area contributed by atoms with Crippen molar-refractivity contribution >= 4 is 11.9 Å². The number of nitrogens with two attached hydrogens (primary N) is 1. The number of methoxy groups -OCH3 is 2. The normalized spacial score (nSPS) is 14.5. The summed E-state index contributed by atoms with van der Waals surface area (Å²) in [5, 5.41) is 18.3. The number of ether oxygens (including phenoxy) is 2. The molecule has 0 spiro atoms. The predicted octanol–water partition coefficient (Wildman–Crippen LogP) is -0.636. The van der Waals surface area contributed by atoms with Crippen LogP contribution in [0.2, 0.25) is 0 Å². The fraction of sp³-hybridized carbons (Fsp3) is 0.429. The molecule has 0 fully saturated rings. The third kappa shape index (κ3) is 7.34. The number of amides is 1. The Balaban J connectivity index is 4.73. The number of carbonyl (C=O) groups is 2. The summed E-state index contributed by atoms with van der Waals surface area (Å²) in [6.07, 6.45) is 1.11. The van der Waals surface area contributed by atoms with Gasteiger partial charge in [-0.15, -0.1) is 0 Å². The van der Waals surface area contributed by atoms with Crippen molar-refractivity contribution in [1.29, 1.82) is 0 Å². The van der Waals surface area contributed by atoms with Gasteiger partial charge in [0.05, 0.1) is 19.9 Å². The standard InChI is InChI=1S/C14H23N3O6/c1-5-10(12(23-4)6-8(2)22-3)16-17-13(19)11(18)7-9(15)14(20)21/h5-6,9,11,16,18H,2,7,15H2,1,3-4H3,(H,17,19)(H,20,21)/b10-5+,12-6+. The van der Waals surface area contributed by atoms with Gasteiger partial charge < -0.3 is 25.4 Å². The lowest BCUT2D eigenvalue weighted by Crippen LogP contribution is -2.46. The van der Waals surface area contributed by atoms with Gasteiger partial charge in [-0.25, -0.2) is 0 Å². The van der Waals surface area contributed by atoms with Gasteiger partial charge >= 0.3 is 5.97 Å². The van der Waals surface area contributed by atoms with E-state index in [4.69, 9.17) is 20.3 Å². The minimum atomic E-state index is -1.57. The average Bonchev–Trinajstić information content (AvgIpc) is 2.53. The van der Waals surface area contributed by atoms with Crippen molar-refractivity contribution in [2.45, 2.75) is 25.5 Å². The van der Waals surface area contributed by atoms with Crippen LogP contribution in [0, 0.1) is 0 Å². The Hall–Kier alpha value is -2.52. The average molecular weight is 329 g/mol. The molecule has 2 unspecified atom stereocenters. The van der Waals surface area contributed by atoms with Crippen molar-refractivity contribution < 1.29 is 29.3 Å². The van der Waals surface area contributed by atoms with Gasteiger partial charge in [-0.05, 0) is 6.92 Å². The highest BCUT2D eigenvalue weighted by molar-refractivity contribution is 5.81. The quantitative estimate of drug-likeness (QED) is 0.202. The summed E-state index contributed by atoms with van der Waals surface area (Å²) < 4.78 is 10.0. The number of aliphatic hydroxyl groups is 1. The number of carboxylic acid groups (broad SMARTS) is 1. The van der Waals surface area contributed by atoms with Crippen LogP contribution in [0.3, 0.4) is 0 Å². The van der Waals surface area contributed by atoms with Crippen LogP contribution in [0.15, 0.2) is 35.9 Å². The molecule has 9 heteroatoms. The second-order valence-electron chi connectivity index (χ2n) is 4.40. The number of nitrogens with one attached hydrogen (secondary N) is 2. The highest BCUT2D eigenvalue weighted by atomic mass is 16.5. The Morgan fingerprint density at radius 2 is 1.91 bits per heavy atom. The molecule has 2 atom stereocenters. The number of carboxylic acids is 1. The van der Waals surface area contributed by atoms with E-state index >= 15 is 0 Å². The topological polar surface area (TPSA) is 143 Å². The van der Waals surface area contributed by atoms with Crippen molar-refractivity contribution in [3.63, 3.8) is 0 Å². The zero-order valence-electron chi connectivity index (χ0n) is 13.3. The number of aliphatic carboxylic acids is 1. The SMILES string of the molecule is C=C(/C=C(OC)\C(=C/C)NNC(=O)C(O)CC(N)C(=O)O)OC. The van der Waals surface area contributed by atoms with Crippen molar-refractivity contribution in [3.8, 4) is 0 Å². The van der Waals surface area contributed by atoms with Gasteiger partial charge in [0.15, 0.2) is 0 Å². The first-order valence-corrected chi connectivity index (χ1v) is 6.64. The van der Waals surface area contributed by atoms with Gasteiger partial charge in [-0.1, -0.05) is 12.7 Å². The van der Waals surface area contributed by atoms with Crippen LogP contribution < -0.4 is 16.6 Å². The molecule has 0 aromatic rings. The Morgan fingerprint density at radius 3 is 2.35 bits per heavy atom. The third-order valence-electron chi connectivity index (χ3n) is 2.75.